The largest absolute Gasteiger partial charge is 0.481 e. The monoisotopic (exact) mass is 442 g/mol. The molecule has 33 heavy (non-hydrogen) atoms. The third kappa shape index (κ3) is 4.50. The van der Waals surface area contributed by atoms with Crippen LogP contribution in [0.1, 0.15) is 52.2 Å². The summed E-state index contributed by atoms with van der Waals surface area (Å²) in [6.45, 7) is 0. The highest BCUT2D eigenvalue weighted by Gasteiger charge is 2.29. The molecule has 1 aliphatic carbocycles. The number of amides is 1. The molecule has 3 N–H and O–H groups in total. The molecule has 3 aromatic heterocycles. The van der Waals surface area contributed by atoms with Crippen molar-refractivity contribution in [2.75, 3.05) is 19.5 Å². The Morgan fingerprint density at radius 3 is 2.79 bits per heavy atom. The van der Waals surface area contributed by atoms with E-state index in [1.54, 1.807) is 19.2 Å². The summed E-state index contributed by atoms with van der Waals surface area (Å²) in [5, 5.41) is 7.45. The van der Waals surface area contributed by atoms with E-state index >= 15 is 0 Å². The molecule has 3 heterocycles. The van der Waals surface area contributed by atoms with Crippen molar-refractivity contribution in [1.29, 1.82) is 0 Å². The number of nitrogens with one attached hydrogen (secondary N) is 3. The highest BCUT2D eigenvalue weighted by atomic mass is 16.5. The maximum Gasteiger partial charge on any atom is 0.253 e. The van der Waals surface area contributed by atoms with Crippen LogP contribution in [-0.4, -0.2) is 40.0 Å². The number of hydrogen-bond donors (Lipinski definition) is 3. The molecule has 1 fully saturated rings. The van der Waals surface area contributed by atoms with Gasteiger partial charge >= 0.3 is 0 Å². The van der Waals surface area contributed by atoms with Gasteiger partial charge in [0, 0.05) is 54.8 Å². The second kappa shape index (κ2) is 8.90. The van der Waals surface area contributed by atoms with Crippen LogP contribution in [0.15, 0.2) is 54.9 Å². The number of rotatable bonds is 8. The fraction of sp³-hybridized carbons (Fsp3) is 0.280. The Kier molecular flexibility index (Phi) is 5.64. The first-order valence-electron chi connectivity index (χ1n) is 11.1. The molecule has 0 aliphatic heterocycles. The lowest BCUT2D eigenvalue weighted by Gasteiger charge is -2.20. The molecule has 1 saturated carbocycles. The normalized spacial score (nSPS) is 14.1. The van der Waals surface area contributed by atoms with Gasteiger partial charge in [0.05, 0.1) is 24.4 Å². The number of pyridine rings is 1. The number of nitrogens with zero attached hydrogens (tertiary/aromatic N) is 3. The summed E-state index contributed by atoms with van der Waals surface area (Å²) in [5.74, 6) is 2.23. The summed E-state index contributed by atoms with van der Waals surface area (Å²) in [4.78, 5) is 30.1. The van der Waals surface area contributed by atoms with Gasteiger partial charge in [-0.1, -0.05) is 18.2 Å². The summed E-state index contributed by atoms with van der Waals surface area (Å²) < 4.78 is 5.11. The third-order valence-electron chi connectivity index (χ3n) is 5.93. The van der Waals surface area contributed by atoms with Crippen molar-refractivity contribution in [3.05, 3.63) is 77.5 Å². The predicted octanol–water partition coefficient (Wildman–Crippen LogP) is 3.99. The highest BCUT2D eigenvalue weighted by molar-refractivity contribution is 5.94. The van der Waals surface area contributed by atoms with Gasteiger partial charge in [-0.25, -0.2) is 15.0 Å². The molecule has 8 heteroatoms. The van der Waals surface area contributed by atoms with Crippen molar-refractivity contribution in [1.82, 2.24) is 25.3 Å². The van der Waals surface area contributed by atoms with E-state index in [9.17, 15) is 4.79 Å². The van der Waals surface area contributed by atoms with E-state index in [0.29, 0.717) is 23.8 Å². The van der Waals surface area contributed by atoms with E-state index in [-0.39, 0.29) is 11.9 Å². The van der Waals surface area contributed by atoms with Crippen molar-refractivity contribution in [3.63, 3.8) is 0 Å². The molecule has 4 aromatic rings. The summed E-state index contributed by atoms with van der Waals surface area (Å²) in [6, 6.07) is 13.1. The number of ether oxygens (including phenoxy) is 1. The van der Waals surface area contributed by atoms with E-state index in [0.717, 1.165) is 46.6 Å². The van der Waals surface area contributed by atoms with Gasteiger partial charge in [0.2, 0.25) is 5.88 Å². The number of aromatic nitrogens is 4. The number of carbonyl (C=O) groups is 1. The van der Waals surface area contributed by atoms with E-state index in [1.807, 2.05) is 37.5 Å². The molecule has 0 bridgehead atoms. The number of benzene rings is 1. The number of aromatic amines is 1. The first kappa shape index (κ1) is 20.9. The number of fused-ring (bicyclic) bond motifs is 1. The van der Waals surface area contributed by atoms with Crippen molar-refractivity contribution in [2.45, 2.75) is 31.2 Å². The van der Waals surface area contributed by atoms with Crippen LogP contribution in [0.25, 0.3) is 10.9 Å². The molecule has 0 radical (unpaired) electrons. The van der Waals surface area contributed by atoms with E-state index in [1.165, 1.54) is 6.20 Å². The number of anilines is 1. The SMILES string of the molecule is CNc1cc([C@H](Cc2c[nH]c3ccccc23)NC(=O)c2ccc(OC)nc2)nc(C2CC2)n1. The first-order valence-corrected chi connectivity index (χ1v) is 11.1. The van der Waals surface area contributed by atoms with Crippen LogP contribution in [0.2, 0.25) is 0 Å². The van der Waals surface area contributed by atoms with Crippen LogP contribution in [0.3, 0.4) is 0 Å². The molecule has 0 unspecified atom stereocenters. The van der Waals surface area contributed by atoms with Gasteiger partial charge in [0.15, 0.2) is 0 Å². The van der Waals surface area contributed by atoms with E-state index in [4.69, 9.17) is 9.72 Å². The third-order valence-corrected chi connectivity index (χ3v) is 5.93. The van der Waals surface area contributed by atoms with Crippen molar-refractivity contribution >= 4 is 22.6 Å². The molecule has 168 valence electrons. The molecule has 0 spiro atoms. The summed E-state index contributed by atoms with van der Waals surface area (Å²) >= 11 is 0. The summed E-state index contributed by atoms with van der Waals surface area (Å²) in [6.07, 6.45) is 6.31. The molecule has 1 aliphatic rings. The topological polar surface area (TPSA) is 105 Å². The molecule has 1 amide bonds. The summed E-state index contributed by atoms with van der Waals surface area (Å²) in [7, 11) is 3.39. The Labute approximate surface area is 191 Å². The second-order valence-corrected chi connectivity index (χ2v) is 8.24. The van der Waals surface area contributed by atoms with Gasteiger partial charge < -0.3 is 20.4 Å². The number of hydrogen-bond acceptors (Lipinski definition) is 6. The number of carbonyl (C=O) groups excluding carboxylic acids is 1. The lowest BCUT2D eigenvalue weighted by molar-refractivity contribution is 0.0935. The van der Waals surface area contributed by atoms with Crippen LogP contribution in [-0.2, 0) is 6.42 Å². The number of H-pyrrole nitrogens is 1. The van der Waals surface area contributed by atoms with Crippen molar-refractivity contribution in [2.24, 2.45) is 0 Å². The Morgan fingerprint density at radius 1 is 1.21 bits per heavy atom. The van der Waals surface area contributed by atoms with Crippen LogP contribution in [0.5, 0.6) is 5.88 Å². The molecule has 1 aromatic carbocycles. The molecular formula is C25H26N6O2. The summed E-state index contributed by atoms with van der Waals surface area (Å²) in [5.41, 5.74) is 3.43. The average molecular weight is 443 g/mol. The average Bonchev–Trinajstić information content (AvgIpc) is 3.64. The Balaban J connectivity index is 1.50. The molecule has 8 nitrogen and oxygen atoms in total. The maximum atomic E-state index is 13.1. The van der Waals surface area contributed by atoms with Crippen molar-refractivity contribution < 1.29 is 9.53 Å². The minimum atomic E-state index is -0.341. The quantitative estimate of drug-likeness (QED) is 0.381. The molecule has 0 saturated heterocycles. The fourth-order valence-corrected chi connectivity index (χ4v) is 3.94. The lowest BCUT2D eigenvalue weighted by atomic mass is 10.0. The Bertz CT molecular complexity index is 1280. The van der Waals surface area contributed by atoms with Gasteiger partial charge in [-0.05, 0) is 30.5 Å². The second-order valence-electron chi connectivity index (χ2n) is 8.24. The van der Waals surface area contributed by atoms with Crippen LogP contribution in [0.4, 0.5) is 5.82 Å². The molecule has 5 rings (SSSR count). The first-order chi connectivity index (χ1) is 16.1. The zero-order valence-corrected chi connectivity index (χ0v) is 18.6. The number of para-hydroxylation sites is 1. The van der Waals surface area contributed by atoms with Gasteiger partial charge in [0.25, 0.3) is 5.91 Å². The van der Waals surface area contributed by atoms with Crippen molar-refractivity contribution in [3.8, 4) is 5.88 Å². The minimum absolute atomic E-state index is 0.215. The minimum Gasteiger partial charge on any atom is -0.481 e. The van der Waals surface area contributed by atoms with Gasteiger partial charge in [-0.15, -0.1) is 0 Å². The number of methoxy groups -OCH3 is 1. The standard InChI is InChI=1S/C25H26N6O2/c1-26-22-12-21(29-24(31-22)15-7-8-15)20(11-17-14-27-19-6-4-3-5-18(17)19)30-25(32)16-9-10-23(33-2)28-13-16/h3-6,9-10,12-15,20,27H,7-8,11H2,1-2H3,(H,30,32)(H,26,29,31)/t20-/m0/s1. The Morgan fingerprint density at radius 2 is 2.06 bits per heavy atom. The van der Waals surface area contributed by atoms with E-state index < -0.39 is 0 Å². The molecular weight excluding hydrogens is 416 g/mol. The van der Waals surface area contributed by atoms with Gasteiger partial charge in [-0.2, -0.15) is 0 Å². The zero-order valence-electron chi connectivity index (χ0n) is 18.6. The Hall–Kier alpha value is -3.94. The van der Waals surface area contributed by atoms with Crippen LogP contribution >= 0.6 is 0 Å². The zero-order chi connectivity index (χ0) is 22.8. The predicted molar refractivity (Wildman–Crippen MR) is 127 cm³/mol. The fourth-order valence-electron chi connectivity index (χ4n) is 3.94. The van der Waals surface area contributed by atoms with Gasteiger partial charge in [-0.3, -0.25) is 4.79 Å². The smallest absolute Gasteiger partial charge is 0.253 e. The lowest BCUT2D eigenvalue weighted by Crippen LogP contribution is -2.31. The van der Waals surface area contributed by atoms with Crippen LogP contribution < -0.4 is 15.4 Å². The molecule has 1 atom stereocenters. The van der Waals surface area contributed by atoms with Crippen LogP contribution in [0, 0.1) is 0 Å². The van der Waals surface area contributed by atoms with E-state index in [2.05, 4.69) is 31.7 Å². The van der Waals surface area contributed by atoms with Gasteiger partial charge in [0.1, 0.15) is 11.6 Å². The maximum absolute atomic E-state index is 13.1. The highest BCUT2D eigenvalue weighted by Crippen LogP contribution is 2.39.